The zero-order valence-corrected chi connectivity index (χ0v) is 23.3. The molecular formula is C32H48O5. The van der Waals surface area contributed by atoms with Gasteiger partial charge in [-0.25, -0.2) is 4.79 Å². The maximum atomic E-state index is 12.2. The first-order valence-electron chi connectivity index (χ1n) is 14.4. The molecule has 0 amide bonds. The molecule has 1 saturated heterocycles. The predicted molar refractivity (Wildman–Crippen MR) is 147 cm³/mol. The molecule has 4 fully saturated rings. The average Bonchev–Trinajstić information content (AvgIpc) is 3.30. The second-order valence-corrected chi connectivity index (χ2v) is 13.1. The van der Waals surface area contributed by atoms with E-state index in [0.717, 1.165) is 18.4 Å². The largest absolute Gasteiger partial charge is 0.458 e. The summed E-state index contributed by atoms with van der Waals surface area (Å²) >= 11 is 0. The van der Waals surface area contributed by atoms with Gasteiger partial charge in [-0.2, -0.15) is 0 Å². The van der Waals surface area contributed by atoms with Gasteiger partial charge in [-0.1, -0.05) is 58.6 Å². The highest BCUT2D eigenvalue weighted by Crippen LogP contribution is 2.60. The highest BCUT2D eigenvalue weighted by Gasteiger charge is 2.53. The Morgan fingerprint density at radius 2 is 1.89 bits per heavy atom. The van der Waals surface area contributed by atoms with Gasteiger partial charge in [0, 0.05) is 23.5 Å². The lowest BCUT2D eigenvalue weighted by Crippen LogP contribution is -2.38. The minimum Gasteiger partial charge on any atom is -0.458 e. The normalized spacial score (nSPS) is 40.8. The van der Waals surface area contributed by atoms with Crippen LogP contribution in [0.1, 0.15) is 85.5 Å². The number of carbonyl (C=O) groups is 1. The molecule has 0 radical (unpaired) electrons. The number of ether oxygens (including phenoxy) is 1. The van der Waals surface area contributed by atoms with Crippen LogP contribution in [0.25, 0.3) is 0 Å². The Bertz CT molecular complexity index is 974. The average molecular weight is 513 g/mol. The maximum absolute atomic E-state index is 12.2. The van der Waals surface area contributed by atoms with Crippen LogP contribution in [-0.4, -0.2) is 46.2 Å². The van der Waals surface area contributed by atoms with Crippen LogP contribution in [0.15, 0.2) is 47.6 Å². The third-order valence-corrected chi connectivity index (χ3v) is 10.7. The molecule has 4 aliphatic rings. The van der Waals surface area contributed by atoms with Crippen LogP contribution in [0.4, 0.5) is 0 Å². The third kappa shape index (κ3) is 5.16. The van der Waals surface area contributed by atoms with Crippen molar-refractivity contribution in [3.8, 4) is 0 Å². The molecule has 206 valence electrons. The predicted octanol–water partition coefficient (Wildman–Crippen LogP) is 5.66. The number of esters is 1. The van der Waals surface area contributed by atoms with E-state index < -0.39 is 12.2 Å². The number of hydrogen-bond donors (Lipinski definition) is 3. The lowest BCUT2D eigenvalue weighted by atomic mass is 9.60. The number of aliphatic hydroxyl groups excluding tert-OH is 3. The van der Waals surface area contributed by atoms with Crippen LogP contribution < -0.4 is 0 Å². The van der Waals surface area contributed by atoms with Crippen molar-refractivity contribution in [2.45, 2.75) is 104 Å². The van der Waals surface area contributed by atoms with Crippen molar-refractivity contribution in [2.75, 3.05) is 6.61 Å². The van der Waals surface area contributed by atoms with Gasteiger partial charge in [-0.05, 0) is 92.1 Å². The van der Waals surface area contributed by atoms with Gasteiger partial charge in [0.15, 0.2) is 0 Å². The van der Waals surface area contributed by atoms with Crippen LogP contribution in [-0.2, 0) is 9.53 Å². The first-order valence-corrected chi connectivity index (χ1v) is 14.4. The smallest absolute Gasteiger partial charge is 0.334 e. The third-order valence-electron chi connectivity index (χ3n) is 10.7. The second-order valence-electron chi connectivity index (χ2n) is 13.1. The SMILES string of the molecule is C=C1/C(=C\C=C2/CCC[C@]3(C)[C@@H]([C@H](C)C[C@H]4OC(=O)C(=C)C4(C)C)CC[C@@H]23)C[C@@H](O)[C@H](CCCO)[C@@H]1O. The lowest BCUT2D eigenvalue weighted by Gasteiger charge is -2.45. The van der Waals surface area contributed by atoms with Gasteiger partial charge in [-0.3, -0.25) is 0 Å². The van der Waals surface area contributed by atoms with Gasteiger partial charge in [0.05, 0.1) is 12.2 Å². The van der Waals surface area contributed by atoms with E-state index in [9.17, 15) is 15.0 Å². The lowest BCUT2D eigenvalue weighted by molar-refractivity contribution is -0.140. The molecule has 0 unspecified atom stereocenters. The summed E-state index contributed by atoms with van der Waals surface area (Å²) in [5, 5.41) is 30.6. The highest BCUT2D eigenvalue weighted by atomic mass is 16.6. The van der Waals surface area contributed by atoms with Crippen molar-refractivity contribution in [3.05, 3.63) is 47.6 Å². The van der Waals surface area contributed by atoms with Crippen LogP contribution in [0, 0.1) is 34.5 Å². The van der Waals surface area contributed by atoms with Gasteiger partial charge in [0.2, 0.25) is 0 Å². The fraction of sp³-hybridized carbons (Fsp3) is 0.719. The van der Waals surface area contributed by atoms with E-state index in [1.54, 1.807) is 0 Å². The topological polar surface area (TPSA) is 87.0 Å². The van der Waals surface area contributed by atoms with Crippen LogP contribution >= 0.6 is 0 Å². The molecule has 3 saturated carbocycles. The quantitative estimate of drug-likeness (QED) is 0.303. The van der Waals surface area contributed by atoms with Crippen LogP contribution in [0.3, 0.4) is 0 Å². The molecule has 1 heterocycles. The van der Waals surface area contributed by atoms with Crippen molar-refractivity contribution in [1.82, 2.24) is 0 Å². The molecule has 0 aromatic rings. The number of hydrogen-bond acceptors (Lipinski definition) is 5. The zero-order chi connectivity index (χ0) is 27.1. The molecule has 0 bridgehead atoms. The van der Waals surface area contributed by atoms with Gasteiger partial charge in [0.1, 0.15) is 6.10 Å². The first-order chi connectivity index (χ1) is 17.4. The molecule has 0 aromatic carbocycles. The summed E-state index contributed by atoms with van der Waals surface area (Å²) < 4.78 is 5.75. The zero-order valence-electron chi connectivity index (χ0n) is 23.3. The Morgan fingerprint density at radius 1 is 1.16 bits per heavy atom. The van der Waals surface area contributed by atoms with E-state index in [2.05, 4.69) is 53.0 Å². The Kier molecular flexibility index (Phi) is 8.28. The van der Waals surface area contributed by atoms with E-state index in [1.807, 2.05) is 0 Å². The molecule has 0 spiro atoms. The molecule has 1 aliphatic heterocycles. The van der Waals surface area contributed by atoms with Crippen molar-refractivity contribution >= 4 is 5.97 Å². The van der Waals surface area contributed by atoms with Gasteiger partial charge >= 0.3 is 5.97 Å². The van der Waals surface area contributed by atoms with Crippen LogP contribution in [0.5, 0.6) is 0 Å². The van der Waals surface area contributed by atoms with E-state index in [4.69, 9.17) is 9.84 Å². The summed E-state index contributed by atoms with van der Waals surface area (Å²) in [4.78, 5) is 12.2. The summed E-state index contributed by atoms with van der Waals surface area (Å²) in [5.74, 6) is 1.06. The van der Waals surface area contributed by atoms with Crippen molar-refractivity contribution < 1.29 is 24.9 Å². The Balaban J connectivity index is 1.47. The van der Waals surface area contributed by atoms with E-state index in [1.165, 1.54) is 31.3 Å². The monoisotopic (exact) mass is 512 g/mol. The van der Waals surface area contributed by atoms with E-state index in [-0.39, 0.29) is 35.4 Å². The summed E-state index contributed by atoms with van der Waals surface area (Å²) in [7, 11) is 0. The molecule has 8 atom stereocenters. The fourth-order valence-corrected chi connectivity index (χ4v) is 8.09. The maximum Gasteiger partial charge on any atom is 0.334 e. The van der Waals surface area contributed by atoms with Crippen molar-refractivity contribution in [2.24, 2.45) is 34.5 Å². The standard InChI is InChI=1S/C32H48O5/c1-19(17-28-31(4,5)21(3)30(36)37-28)25-13-14-26-22(9-7-15-32(25,26)6)11-12-23-18-27(34)24(10-8-16-33)29(35)20(23)2/h11-12,19,24-29,33-35H,2-3,7-10,13-18H2,1,4-6H3/b22-11+,23-12-/t19-,24+,25-,26+,27-,28-,29-,32-/m1/s1. The molecule has 37 heavy (non-hydrogen) atoms. The fourth-order valence-electron chi connectivity index (χ4n) is 8.09. The Labute approximate surface area is 223 Å². The van der Waals surface area contributed by atoms with Crippen molar-refractivity contribution in [3.63, 3.8) is 0 Å². The highest BCUT2D eigenvalue weighted by molar-refractivity contribution is 5.91. The van der Waals surface area contributed by atoms with Gasteiger partial charge in [-0.15, -0.1) is 0 Å². The number of cyclic esters (lactones) is 1. The van der Waals surface area contributed by atoms with E-state index >= 15 is 0 Å². The molecule has 5 heteroatoms. The Hall–Kier alpha value is -1.69. The van der Waals surface area contributed by atoms with Crippen molar-refractivity contribution in [1.29, 1.82) is 0 Å². The molecule has 3 N–H and O–H groups in total. The summed E-state index contributed by atoms with van der Waals surface area (Å²) in [6.45, 7) is 17.2. The number of fused-ring (bicyclic) bond motifs is 1. The number of carbonyl (C=O) groups excluding carboxylic acids is 1. The van der Waals surface area contributed by atoms with Gasteiger partial charge in [0.25, 0.3) is 0 Å². The molecule has 5 nitrogen and oxygen atoms in total. The summed E-state index contributed by atoms with van der Waals surface area (Å²) in [5.41, 5.74) is 3.63. The summed E-state index contributed by atoms with van der Waals surface area (Å²) in [6.07, 6.45) is 11.3. The minimum absolute atomic E-state index is 0.0653. The first kappa shape index (κ1) is 28.3. The molecular weight excluding hydrogens is 464 g/mol. The Morgan fingerprint density at radius 3 is 2.54 bits per heavy atom. The summed E-state index contributed by atoms with van der Waals surface area (Å²) in [6, 6.07) is 0. The number of allylic oxidation sites excluding steroid dienone is 3. The number of aliphatic hydroxyl groups is 3. The molecule has 0 aromatic heterocycles. The van der Waals surface area contributed by atoms with Gasteiger partial charge < -0.3 is 20.1 Å². The van der Waals surface area contributed by atoms with E-state index in [0.29, 0.717) is 48.2 Å². The molecule has 3 aliphatic carbocycles. The molecule has 4 rings (SSSR count). The number of rotatable bonds is 7. The minimum atomic E-state index is -0.765. The second kappa shape index (κ2) is 10.8. The van der Waals surface area contributed by atoms with Crippen LogP contribution in [0.2, 0.25) is 0 Å².